The van der Waals surface area contributed by atoms with E-state index in [1.165, 1.54) is 31.5 Å². The highest BCUT2D eigenvalue weighted by Gasteiger charge is 2.23. The first-order valence-corrected chi connectivity index (χ1v) is 9.59. The molecule has 0 amide bonds. The third-order valence-corrected chi connectivity index (χ3v) is 4.99. The van der Waals surface area contributed by atoms with Crippen LogP contribution in [0.5, 0.6) is 5.75 Å². The molecule has 0 atom stereocenters. The van der Waals surface area contributed by atoms with Crippen molar-refractivity contribution in [2.75, 3.05) is 7.11 Å². The molecule has 3 aromatic heterocycles. The van der Waals surface area contributed by atoms with E-state index in [4.69, 9.17) is 10.1 Å². The van der Waals surface area contributed by atoms with Crippen molar-refractivity contribution < 1.29 is 19.4 Å². The molecule has 33 heavy (non-hydrogen) atoms. The Hall–Kier alpha value is -4.89. The van der Waals surface area contributed by atoms with Crippen LogP contribution in [0.15, 0.2) is 47.6 Å². The molecule has 3 N–H and O–H groups in total. The van der Waals surface area contributed by atoms with Crippen LogP contribution in [0.1, 0.15) is 37.8 Å². The minimum atomic E-state index is -1.26. The van der Waals surface area contributed by atoms with Crippen LogP contribution in [0.4, 0.5) is 5.69 Å². The number of aromatic carboxylic acids is 1. The Morgan fingerprint density at radius 2 is 2.12 bits per heavy atom. The summed E-state index contributed by atoms with van der Waals surface area (Å²) in [5.74, 6) is 1.16. The number of carboxylic acids is 1. The lowest BCUT2D eigenvalue weighted by atomic mass is 10.0. The number of aliphatic imine (C=N–C) groups is 1. The third-order valence-electron chi connectivity index (χ3n) is 4.99. The Kier molecular flexibility index (Phi) is 5.62. The smallest absolute Gasteiger partial charge is 0.337 e. The van der Waals surface area contributed by atoms with Gasteiger partial charge in [0.25, 0.3) is 0 Å². The minimum absolute atomic E-state index is 0.0851. The number of carboxylic acid groups (broad SMARTS) is 1. The molecule has 0 fully saturated rings. The van der Waals surface area contributed by atoms with E-state index >= 15 is 0 Å². The monoisotopic (exact) mass is 443 g/mol. The van der Waals surface area contributed by atoms with Crippen LogP contribution in [0, 0.1) is 12.3 Å². The van der Waals surface area contributed by atoms with E-state index < -0.39 is 5.97 Å². The first kappa shape index (κ1) is 21.3. The lowest BCUT2D eigenvalue weighted by molar-refractivity contribution is 0.0698. The maximum Gasteiger partial charge on any atom is 0.337 e. The number of tetrazole rings is 1. The zero-order valence-electron chi connectivity index (χ0n) is 17.5. The molecule has 164 valence electrons. The normalized spacial score (nSPS) is 11.0. The molecular weight excluding hydrogens is 426 g/mol. The second-order valence-corrected chi connectivity index (χ2v) is 6.86. The van der Waals surface area contributed by atoms with E-state index in [9.17, 15) is 14.7 Å². The fourth-order valence-corrected chi connectivity index (χ4v) is 3.49. The number of hydrogen-bond acceptors (Lipinski definition) is 8. The van der Waals surface area contributed by atoms with Gasteiger partial charge in [-0.2, -0.15) is 5.21 Å². The second-order valence-electron chi connectivity index (χ2n) is 6.86. The molecule has 0 saturated carbocycles. The molecule has 0 aliphatic carbocycles. The molecule has 0 bridgehead atoms. The molecule has 11 heteroatoms. The van der Waals surface area contributed by atoms with Gasteiger partial charge < -0.3 is 14.2 Å². The number of benzene rings is 1. The number of carbonyl (C=O) groups is 2. The van der Waals surface area contributed by atoms with Crippen LogP contribution in [-0.4, -0.2) is 61.1 Å². The Morgan fingerprint density at radius 1 is 1.30 bits per heavy atom. The number of nitrogens with one attached hydrogen (secondary N) is 2. The number of fused-ring (bicyclic) bond motifs is 1. The Labute approximate surface area is 186 Å². The van der Waals surface area contributed by atoms with Crippen LogP contribution in [-0.2, 0) is 0 Å². The number of rotatable bonds is 7. The standard InChI is InChI=1S/C22H17N7O4/c1-12-18(29-8-4-3-5-17(29)20(12)33-2)19(30)13-6-7-16(15(9-13)22(31)32)24-11-14(10-23)21-25-27-28-26-21/h3-9,11,23H,1-2H3,(H,31,32)(H,25,26,27,28). The molecule has 0 spiro atoms. The fraction of sp³-hybridized carbons (Fsp3) is 0.0909. The van der Waals surface area contributed by atoms with Crippen LogP contribution < -0.4 is 4.74 Å². The van der Waals surface area contributed by atoms with Gasteiger partial charge in [0.05, 0.1) is 23.9 Å². The number of H-pyrrole nitrogens is 1. The predicted octanol–water partition coefficient (Wildman–Crippen LogP) is 2.73. The Bertz CT molecular complexity index is 1460. The maximum atomic E-state index is 13.4. The SMILES string of the molecule is COc1c(C)c(C(=O)c2ccc(N=CC(=C=N)c3nn[nH]n3)c(C(=O)O)c2)n2ccccc12. The van der Waals surface area contributed by atoms with Gasteiger partial charge in [0.2, 0.25) is 11.6 Å². The summed E-state index contributed by atoms with van der Waals surface area (Å²) >= 11 is 0. The van der Waals surface area contributed by atoms with Gasteiger partial charge >= 0.3 is 5.97 Å². The van der Waals surface area contributed by atoms with E-state index in [-0.39, 0.29) is 34.0 Å². The van der Waals surface area contributed by atoms with Crippen LogP contribution in [0.3, 0.4) is 0 Å². The van der Waals surface area contributed by atoms with Crippen molar-refractivity contribution >= 4 is 40.6 Å². The summed E-state index contributed by atoms with van der Waals surface area (Å²) in [5.41, 5.74) is 1.94. The Morgan fingerprint density at radius 3 is 2.79 bits per heavy atom. The van der Waals surface area contributed by atoms with E-state index in [2.05, 4.69) is 31.5 Å². The van der Waals surface area contributed by atoms with Crippen molar-refractivity contribution in [1.29, 1.82) is 5.41 Å². The second kappa shape index (κ2) is 8.69. The van der Waals surface area contributed by atoms with Gasteiger partial charge in [0, 0.05) is 23.5 Å². The van der Waals surface area contributed by atoms with Crippen LogP contribution in [0.2, 0.25) is 0 Å². The molecule has 0 aliphatic rings. The number of hydrogen-bond donors (Lipinski definition) is 3. The zero-order valence-corrected chi connectivity index (χ0v) is 17.5. The molecule has 1 aromatic carbocycles. The number of ketones is 1. The van der Waals surface area contributed by atoms with Crippen LogP contribution >= 0.6 is 0 Å². The predicted molar refractivity (Wildman–Crippen MR) is 119 cm³/mol. The third kappa shape index (κ3) is 3.80. The summed E-state index contributed by atoms with van der Waals surface area (Å²) in [7, 11) is 1.53. The number of ether oxygens (including phenoxy) is 1. The first-order valence-electron chi connectivity index (χ1n) is 9.59. The number of allylic oxidation sites excluding steroid dienone is 1. The van der Waals surface area contributed by atoms with Gasteiger partial charge in [-0.25, -0.2) is 4.79 Å². The van der Waals surface area contributed by atoms with E-state index in [1.807, 2.05) is 12.1 Å². The van der Waals surface area contributed by atoms with Gasteiger partial charge in [-0.1, -0.05) is 6.07 Å². The van der Waals surface area contributed by atoms with E-state index in [0.717, 1.165) is 5.52 Å². The molecule has 4 rings (SSSR count). The number of aromatic nitrogens is 5. The average molecular weight is 443 g/mol. The summed E-state index contributed by atoms with van der Waals surface area (Å²) in [6.45, 7) is 1.78. The van der Waals surface area contributed by atoms with Crippen LogP contribution in [0.25, 0.3) is 11.1 Å². The average Bonchev–Trinajstić information content (AvgIpc) is 3.45. The molecule has 11 nitrogen and oxygen atoms in total. The van der Waals surface area contributed by atoms with Crippen molar-refractivity contribution in [2.45, 2.75) is 6.92 Å². The molecule has 4 aromatic rings. The molecule has 3 heterocycles. The number of aromatic amines is 1. The summed E-state index contributed by atoms with van der Waals surface area (Å²) in [5, 5.41) is 30.2. The molecule has 0 aliphatic heterocycles. The lowest BCUT2D eigenvalue weighted by Crippen LogP contribution is -2.08. The quantitative estimate of drug-likeness (QED) is 0.292. The first-order chi connectivity index (χ1) is 16.0. The highest BCUT2D eigenvalue weighted by atomic mass is 16.5. The Balaban J connectivity index is 1.76. The highest BCUT2D eigenvalue weighted by molar-refractivity contribution is 6.19. The summed E-state index contributed by atoms with van der Waals surface area (Å²) in [6.07, 6.45) is 2.95. The molecule has 0 saturated heterocycles. The van der Waals surface area contributed by atoms with Gasteiger partial charge in [0.15, 0.2) is 0 Å². The minimum Gasteiger partial charge on any atom is -0.494 e. The fourth-order valence-electron chi connectivity index (χ4n) is 3.49. The largest absolute Gasteiger partial charge is 0.494 e. The molecule has 0 radical (unpaired) electrons. The number of methoxy groups -OCH3 is 1. The van der Waals surface area contributed by atoms with Gasteiger partial charge in [-0.05, 0) is 48.3 Å². The topological polar surface area (TPSA) is 159 Å². The van der Waals surface area contributed by atoms with Crippen molar-refractivity contribution in [2.24, 2.45) is 4.99 Å². The summed E-state index contributed by atoms with van der Waals surface area (Å²) in [6, 6.07) is 9.66. The zero-order chi connectivity index (χ0) is 23.5. The molecule has 0 unspecified atom stereocenters. The van der Waals surface area contributed by atoms with Crippen molar-refractivity contribution in [3.05, 3.63) is 70.8 Å². The number of pyridine rings is 1. The number of nitrogens with zero attached hydrogens (tertiary/aromatic N) is 5. The van der Waals surface area contributed by atoms with Gasteiger partial charge in [-0.3, -0.25) is 15.2 Å². The van der Waals surface area contributed by atoms with E-state index in [0.29, 0.717) is 17.0 Å². The van der Waals surface area contributed by atoms with Crippen molar-refractivity contribution in [3.63, 3.8) is 0 Å². The van der Waals surface area contributed by atoms with Crippen molar-refractivity contribution in [1.82, 2.24) is 25.0 Å². The molecular formula is C22H17N7O4. The van der Waals surface area contributed by atoms with Gasteiger partial charge in [0.1, 0.15) is 17.0 Å². The van der Waals surface area contributed by atoms with Gasteiger partial charge in [-0.15, -0.1) is 10.2 Å². The van der Waals surface area contributed by atoms with Crippen molar-refractivity contribution in [3.8, 4) is 5.75 Å². The lowest BCUT2D eigenvalue weighted by Gasteiger charge is -2.07. The van der Waals surface area contributed by atoms with E-state index in [1.54, 1.807) is 23.6 Å². The highest BCUT2D eigenvalue weighted by Crippen LogP contribution is 2.32. The number of carbonyl (C=O) groups excluding carboxylic acids is 1. The maximum absolute atomic E-state index is 13.4. The summed E-state index contributed by atoms with van der Waals surface area (Å²) < 4.78 is 7.19. The summed E-state index contributed by atoms with van der Waals surface area (Å²) in [4.78, 5) is 29.4.